The molecule has 0 aromatic carbocycles. The van der Waals surface area contributed by atoms with Crippen LogP contribution in [0.1, 0.15) is 42.7 Å². The van der Waals surface area contributed by atoms with Gasteiger partial charge in [-0.2, -0.15) is 0 Å². The molecule has 5 nitrogen and oxygen atoms in total. The number of allylic oxidation sites excluding steroid dienone is 1. The van der Waals surface area contributed by atoms with Crippen LogP contribution in [-0.2, 0) is 0 Å². The molecule has 1 aromatic heterocycles. The SMILES string of the molecule is C=CCCCN(C)C(=NC)NCC(C)c1c(C)noc1C.I. The zero-order valence-electron chi connectivity index (χ0n) is 14.3. The van der Waals surface area contributed by atoms with Gasteiger partial charge in [-0.25, -0.2) is 0 Å². The van der Waals surface area contributed by atoms with Crippen molar-refractivity contribution in [3.8, 4) is 0 Å². The van der Waals surface area contributed by atoms with Crippen molar-refractivity contribution in [1.29, 1.82) is 0 Å². The van der Waals surface area contributed by atoms with E-state index in [4.69, 9.17) is 4.52 Å². The van der Waals surface area contributed by atoms with Gasteiger partial charge >= 0.3 is 0 Å². The van der Waals surface area contributed by atoms with E-state index >= 15 is 0 Å². The Morgan fingerprint density at radius 3 is 2.68 bits per heavy atom. The van der Waals surface area contributed by atoms with Crippen molar-refractivity contribution >= 4 is 29.9 Å². The number of aryl methyl sites for hydroxylation is 2. The molecule has 1 unspecified atom stereocenters. The maximum Gasteiger partial charge on any atom is 0.193 e. The standard InChI is InChI=1S/C16H28N4O.HI/c1-7-8-9-10-20(6)16(17-5)18-11-12(2)15-13(3)19-21-14(15)4;/h7,12H,1,8-11H2,2-6H3,(H,17,18);1H. The van der Waals surface area contributed by atoms with Gasteiger partial charge in [0.2, 0.25) is 0 Å². The predicted molar refractivity (Wildman–Crippen MR) is 103 cm³/mol. The molecule has 1 N–H and O–H groups in total. The second-order valence-electron chi connectivity index (χ2n) is 5.42. The summed E-state index contributed by atoms with van der Waals surface area (Å²) in [6, 6.07) is 0. The van der Waals surface area contributed by atoms with Gasteiger partial charge in [-0.15, -0.1) is 30.6 Å². The van der Waals surface area contributed by atoms with E-state index < -0.39 is 0 Å². The minimum absolute atomic E-state index is 0. The Morgan fingerprint density at radius 1 is 1.50 bits per heavy atom. The molecule has 1 rings (SSSR count). The van der Waals surface area contributed by atoms with Crippen LogP contribution in [-0.4, -0.2) is 43.2 Å². The highest BCUT2D eigenvalue weighted by Crippen LogP contribution is 2.22. The van der Waals surface area contributed by atoms with Gasteiger partial charge in [0.25, 0.3) is 0 Å². The van der Waals surface area contributed by atoms with Gasteiger partial charge in [-0.1, -0.05) is 18.2 Å². The maximum atomic E-state index is 5.23. The molecule has 0 aliphatic carbocycles. The van der Waals surface area contributed by atoms with Crippen LogP contribution in [0.3, 0.4) is 0 Å². The van der Waals surface area contributed by atoms with Crippen molar-refractivity contribution < 1.29 is 4.52 Å². The van der Waals surface area contributed by atoms with Crippen molar-refractivity contribution in [1.82, 2.24) is 15.4 Å². The lowest BCUT2D eigenvalue weighted by atomic mass is 10.00. The molecule has 0 spiro atoms. The largest absolute Gasteiger partial charge is 0.361 e. The summed E-state index contributed by atoms with van der Waals surface area (Å²) in [6.07, 6.45) is 4.06. The number of halogens is 1. The molecule has 0 saturated heterocycles. The van der Waals surface area contributed by atoms with E-state index in [0.717, 1.165) is 43.3 Å². The second kappa shape index (κ2) is 10.6. The van der Waals surface area contributed by atoms with Gasteiger partial charge in [-0.3, -0.25) is 4.99 Å². The lowest BCUT2D eigenvalue weighted by molar-refractivity contribution is 0.391. The van der Waals surface area contributed by atoms with Crippen LogP contribution in [0.2, 0.25) is 0 Å². The Kier molecular flexibility index (Phi) is 10.1. The molecule has 0 amide bonds. The number of guanidine groups is 1. The Morgan fingerprint density at radius 2 is 2.18 bits per heavy atom. The summed E-state index contributed by atoms with van der Waals surface area (Å²) in [5, 5.41) is 7.44. The number of aromatic nitrogens is 1. The molecule has 0 bridgehead atoms. The van der Waals surface area contributed by atoms with E-state index in [-0.39, 0.29) is 24.0 Å². The van der Waals surface area contributed by atoms with Crippen LogP contribution in [0.15, 0.2) is 22.2 Å². The van der Waals surface area contributed by atoms with Gasteiger partial charge in [0, 0.05) is 38.7 Å². The van der Waals surface area contributed by atoms with Crippen molar-refractivity contribution in [3.63, 3.8) is 0 Å². The zero-order valence-corrected chi connectivity index (χ0v) is 16.7. The van der Waals surface area contributed by atoms with Crippen molar-refractivity contribution in [2.75, 3.05) is 27.2 Å². The molecule has 22 heavy (non-hydrogen) atoms. The van der Waals surface area contributed by atoms with Crippen LogP contribution in [0.5, 0.6) is 0 Å². The van der Waals surface area contributed by atoms with E-state index in [1.54, 1.807) is 0 Å². The third kappa shape index (κ3) is 5.98. The first kappa shape index (κ1) is 20.9. The lowest BCUT2D eigenvalue weighted by Crippen LogP contribution is -2.40. The van der Waals surface area contributed by atoms with Crippen LogP contribution in [0.25, 0.3) is 0 Å². The van der Waals surface area contributed by atoms with E-state index in [0.29, 0.717) is 5.92 Å². The lowest BCUT2D eigenvalue weighted by Gasteiger charge is -2.23. The van der Waals surface area contributed by atoms with Gasteiger partial charge in [0.05, 0.1) is 5.69 Å². The van der Waals surface area contributed by atoms with Crippen molar-refractivity contribution in [3.05, 3.63) is 29.7 Å². The number of hydrogen-bond donors (Lipinski definition) is 1. The summed E-state index contributed by atoms with van der Waals surface area (Å²) in [5.74, 6) is 2.14. The van der Waals surface area contributed by atoms with E-state index in [1.165, 1.54) is 5.56 Å². The fraction of sp³-hybridized carbons (Fsp3) is 0.625. The number of rotatable bonds is 7. The molecule has 1 aromatic rings. The van der Waals surface area contributed by atoms with Crippen LogP contribution >= 0.6 is 24.0 Å². The molecule has 126 valence electrons. The summed E-state index contributed by atoms with van der Waals surface area (Å²) < 4.78 is 5.23. The molecule has 1 atom stereocenters. The first-order valence-corrected chi connectivity index (χ1v) is 7.46. The molecule has 0 radical (unpaired) electrons. The fourth-order valence-electron chi connectivity index (χ4n) is 2.50. The smallest absolute Gasteiger partial charge is 0.193 e. The zero-order chi connectivity index (χ0) is 15.8. The summed E-state index contributed by atoms with van der Waals surface area (Å²) in [5.41, 5.74) is 2.16. The summed E-state index contributed by atoms with van der Waals surface area (Å²) in [7, 11) is 3.87. The second-order valence-corrected chi connectivity index (χ2v) is 5.42. The van der Waals surface area contributed by atoms with Gasteiger partial charge in [0.1, 0.15) is 5.76 Å². The number of nitrogens with zero attached hydrogens (tertiary/aromatic N) is 3. The molecule has 0 fully saturated rings. The normalized spacial score (nSPS) is 12.5. The number of hydrogen-bond acceptors (Lipinski definition) is 3. The van der Waals surface area contributed by atoms with E-state index in [9.17, 15) is 0 Å². The molecule has 6 heteroatoms. The molecular formula is C16H29IN4O. The monoisotopic (exact) mass is 420 g/mol. The molecule has 1 heterocycles. The predicted octanol–water partition coefficient (Wildman–Crippen LogP) is 3.49. The quantitative estimate of drug-likeness (QED) is 0.241. The third-order valence-electron chi connectivity index (χ3n) is 3.62. The van der Waals surface area contributed by atoms with E-state index in [1.807, 2.05) is 27.0 Å². The highest BCUT2D eigenvalue weighted by molar-refractivity contribution is 14.0. The fourth-order valence-corrected chi connectivity index (χ4v) is 2.50. The van der Waals surface area contributed by atoms with Gasteiger partial charge in [-0.05, 0) is 26.7 Å². The minimum atomic E-state index is 0. The van der Waals surface area contributed by atoms with Crippen molar-refractivity contribution in [2.24, 2.45) is 4.99 Å². The Bertz CT molecular complexity index is 465. The van der Waals surface area contributed by atoms with Crippen LogP contribution in [0, 0.1) is 13.8 Å². The van der Waals surface area contributed by atoms with Gasteiger partial charge < -0.3 is 14.7 Å². The number of nitrogens with one attached hydrogen (secondary N) is 1. The average molecular weight is 420 g/mol. The topological polar surface area (TPSA) is 53.7 Å². The first-order chi connectivity index (χ1) is 10.0. The maximum absolute atomic E-state index is 5.23. The average Bonchev–Trinajstić information content (AvgIpc) is 2.79. The molecule has 0 aliphatic heterocycles. The summed E-state index contributed by atoms with van der Waals surface area (Å²) >= 11 is 0. The molecular weight excluding hydrogens is 391 g/mol. The van der Waals surface area contributed by atoms with Crippen LogP contribution in [0.4, 0.5) is 0 Å². The molecule has 0 saturated carbocycles. The highest BCUT2D eigenvalue weighted by Gasteiger charge is 2.17. The first-order valence-electron chi connectivity index (χ1n) is 7.46. The third-order valence-corrected chi connectivity index (χ3v) is 3.62. The Hall–Kier alpha value is -1.05. The Balaban J connectivity index is 0.00000441. The van der Waals surface area contributed by atoms with Gasteiger partial charge in [0.15, 0.2) is 5.96 Å². The highest BCUT2D eigenvalue weighted by atomic mass is 127. The molecule has 0 aliphatic rings. The number of unbranched alkanes of at least 4 members (excludes halogenated alkanes) is 1. The number of aliphatic imine (C=N–C) groups is 1. The van der Waals surface area contributed by atoms with E-state index in [2.05, 4.69) is 40.9 Å². The summed E-state index contributed by atoms with van der Waals surface area (Å²) in [6.45, 7) is 11.6. The minimum Gasteiger partial charge on any atom is -0.361 e. The Labute approximate surface area is 151 Å². The van der Waals surface area contributed by atoms with Crippen molar-refractivity contribution in [2.45, 2.75) is 39.5 Å². The van der Waals surface area contributed by atoms with Crippen LogP contribution < -0.4 is 5.32 Å². The summed E-state index contributed by atoms with van der Waals surface area (Å²) in [4.78, 5) is 6.47.